The second-order valence-corrected chi connectivity index (χ2v) is 2.96. The molecule has 0 spiro atoms. The van der Waals surface area contributed by atoms with Gasteiger partial charge < -0.3 is 4.74 Å². The molecule has 0 fully saturated rings. The number of esters is 1. The van der Waals surface area contributed by atoms with Crippen molar-refractivity contribution in [2.24, 2.45) is 0 Å². The zero-order chi connectivity index (χ0) is 7.98. The average Bonchev–Trinajstić information content (AvgIpc) is 1.98. The van der Waals surface area contributed by atoms with Gasteiger partial charge in [0, 0.05) is 0 Å². The highest BCUT2D eigenvalue weighted by molar-refractivity contribution is 8.00. The van der Waals surface area contributed by atoms with E-state index in [1.807, 2.05) is 6.07 Å². The van der Waals surface area contributed by atoms with Crippen molar-refractivity contribution < 1.29 is 9.53 Å². The predicted molar refractivity (Wildman–Crippen MR) is 39.5 cm³/mol. The summed E-state index contributed by atoms with van der Waals surface area (Å²) in [6.45, 7) is 1.72. The largest absolute Gasteiger partial charge is 0.468 e. The fourth-order valence-electron chi connectivity index (χ4n) is 0.396. The zero-order valence-corrected chi connectivity index (χ0v) is 6.77. The van der Waals surface area contributed by atoms with E-state index in [0.717, 1.165) is 0 Å². The highest BCUT2D eigenvalue weighted by Gasteiger charge is 2.11. The summed E-state index contributed by atoms with van der Waals surface area (Å²) in [6, 6.07) is 1.93. The molecule has 0 aliphatic heterocycles. The van der Waals surface area contributed by atoms with Crippen molar-refractivity contribution in [3.05, 3.63) is 0 Å². The highest BCUT2D eigenvalue weighted by Crippen LogP contribution is 2.09. The number of ether oxygens (including phenoxy) is 1. The Hall–Kier alpha value is -0.690. The van der Waals surface area contributed by atoms with Gasteiger partial charge in [-0.05, 0) is 6.92 Å². The molecule has 0 rings (SSSR count). The van der Waals surface area contributed by atoms with Crippen LogP contribution in [0.25, 0.3) is 0 Å². The van der Waals surface area contributed by atoms with E-state index in [2.05, 4.69) is 4.74 Å². The minimum Gasteiger partial charge on any atom is -0.468 e. The van der Waals surface area contributed by atoms with Crippen molar-refractivity contribution in [3.8, 4) is 6.07 Å². The van der Waals surface area contributed by atoms with Crippen molar-refractivity contribution in [2.45, 2.75) is 12.2 Å². The quantitative estimate of drug-likeness (QED) is 0.572. The van der Waals surface area contributed by atoms with Crippen LogP contribution in [0.15, 0.2) is 0 Å². The van der Waals surface area contributed by atoms with E-state index in [9.17, 15) is 4.79 Å². The van der Waals surface area contributed by atoms with Gasteiger partial charge in [0.15, 0.2) is 0 Å². The van der Waals surface area contributed by atoms with Crippen LogP contribution in [0.3, 0.4) is 0 Å². The van der Waals surface area contributed by atoms with Crippen molar-refractivity contribution in [1.29, 1.82) is 5.26 Å². The molecular weight excluding hydrogens is 150 g/mol. The molecule has 56 valence electrons. The van der Waals surface area contributed by atoms with Gasteiger partial charge >= 0.3 is 5.97 Å². The summed E-state index contributed by atoms with van der Waals surface area (Å²) in [4.78, 5) is 10.7. The first-order valence-electron chi connectivity index (χ1n) is 2.78. The van der Waals surface area contributed by atoms with Crippen LogP contribution >= 0.6 is 11.8 Å². The summed E-state index contributed by atoms with van der Waals surface area (Å²) in [5.41, 5.74) is 0. The third-order valence-corrected chi connectivity index (χ3v) is 1.92. The van der Waals surface area contributed by atoms with Gasteiger partial charge in [-0.1, -0.05) is 0 Å². The third kappa shape index (κ3) is 3.36. The Bertz CT molecular complexity index is 152. The molecule has 0 heterocycles. The molecule has 1 unspecified atom stereocenters. The lowest BCUT2D eigenvalue weighted by atomic mass is 10.5. The first-order chi connectivity index (χ1) is 4.72. The number of hydrogen-bond acceptors (Lipinski definition) is 4. The zero-order valence-electron chi connectivity index (χ0n) is 5.96. The lowest BCUT2D eigenvalue weighted by Gasteiger charge is -2.04. The molecule has 1 atom stereocenters. The predicted octanol–water partition coefficient (Wildman–Crippen LogP) is 0.805. The van der Waals surface area contributed by atoms with Crippen LogP contribution in [0.5, 0.6) is 0 Å². The summed E-state index contributed by atoms with van der Waals surface area (Å²) in [5, 5.41) is 7.91. The van der Waals surface area contributed by atoms with Crippen molar-refractivity contribution >= 4 is 17.7 Å². The van der Waals surface area contributed by atoms with Gasteiger partial charge in [-0.2, -0.15) is 5.26 Å². The number of hydrogen-bond donors (Lipinski definition) is 0. The molecule has 0 saturated carbocycles. The number of rotatable bonds is 3. The summed E-state index contributed by atoms with van der Waals surface area (Å²) in [5.74, 6) is 0.0521. The first kappa shape index (κ1) is 9.31. The highest BCUT2D eigenvalue weighted by atomic mass is 32.2. The number of carbonyl (C=O) groups excluding carboxylic acids is 1. The molecule has 4 heteroatoms. The number of nitrogens with zero attached hydrogens (tertiary/aromatic N) is 1. The minimum absolute atomic E-state index is 0.232. The Labute approximate surface area is 64.4 Å². The van der Waals surface area contributed by atoms with E-state index in [-0.39, 0.29) is 11.2 Å². The van der Waals surface area contributed by atoms with Gasteiger partial charge in [0.1, 0.15) is 5.25 Å². The second kappa shape index (κ2) is 5.12. The molecule has 10 heavy (non-hydrogen) atoms. The van der Waals surface area contributed by atoms with E-state index in [1.54, 1.807) is 6.92 Å². The van der Waals surface area contributed by atoms with Crippen LogP contribution in [-0.4, -0.2) is 24.1 Å². The standard InChI is InChI=1S/C6H9NO2S/c1-5(6(8)9-2)10-4-3-7/h5H,4H2,1-2H3. The van der Waals surface area contributed by atoms with Gasteiger partial charge in [0.05, 0.1) is 18.9 Å². The van der Waals surface area contributed by atoms with Crippen LogP contribution in [0.2, 0.25) is 0 Å². The van der Waals surface area contributed by atoms with E-state index in [0.29, 0.717) is 5.75 Å². The lowest BCUT2D eigenvalue weighted by Crippen LogP contribution is -2.14. The van der Waals surface area contributed by atoms with Gasteiger partial charge in [0.2, 0.25) is 0 Å². The molecule has 0 amide bonds. The normalized spacial score (nSPS) is 11.7. The van der Waals surface area contributed by atoms with Crippen LogP contribution in [0.1, 0.15) is 6.92 Å². The third-order valence-electron chi connectivity index (χ3n) is 0.931. The van der Waals surface area contributed by atoms with Crippen LogP contribution in [-0.2, 0) is 9.53 Å². The van der Waals surface area contributed by atoms with Crippen molar-refractivity contribution in [1.82, 2.24) is 0 Å². The number of nitriles is 1. The summed E-state index contributed by atoms with van der Waals surface area (Å²) in [6.07, 6.45) is 0. The van der Waals surface area contributed by atoms with E-state index in [4.69, 9.17) is 5.26 Å². The molecule has 0 aromatic heterocycles. The summed E-state index contributed by atoms with van der Waals surface area (Å²) < 4.78 is 4.44. The van der Waals surface area contributed by atoms with E-state index in [1.165, 1.54) is 18.9 Å². The van der Waals surface area contributed by atoms with Crippen molar-refractivity contribution in [3.63, 3.8) is 0 Å². The molecule has 3 nitrogen and oxygen atoms in total. The van der Waals surface area contributed by atoms with Gasteiger partial charge in [-0.25, -0.2) is 0 Å². The number of carbonyl (C=O) groups is 1. The van der Waals surface area contributed by atoms with Crippen molar-refractivity contribution in [2.75, 3.05) is 12.9 Å². The fraction of sp³-hybridized carbons (Fsp3) is 0.667. The molecule has 0 aromatic rings. The lowest BCUT2D eigenvalue weighted by molar-refractivity contribution is -0.139. The maximum Gasteiger partial charge on any atom is 0.318 e. The Morgan fingerprint density at radius 1 is 1.90 bits per heavy atom. The van der Waals surface area contributed by atoms with E-state index < -0.39 is 0 Å². The molecule has 0 aliphatic rings. The summed E-state index contributed by atoms with van der Waals surface area (Å²) >= 11 is 1.27. The smallest absolute Gasteiger partial charge is 0.318 e. The topological polar surface area (TPSA) is 50.1 Å². The SMILES string of the molecule is COC(=O)C(C)SCC#N. The van der Waals surface area contributed by atoms with Crippen LogP contribution < -0.4 is 0 Å². The average molecular weight is 159 g/mol. The Morgan fingerprint density at radius 2 is 2.50 bits per heavy atom. The molecule has 0 aliphatic carbocycles. The molecular formula is C6H9NO2S. The molecule has 0 saturated heterocycles. The van der Waals surface area contributed by atoms with Gasteiger partial charge in [-0.3, -0.25) is 4.79 Å². The molecule has 0 N–H and O–H groups in total. The maximum atomic E-state index is 10.7. The van der Waals surface area contributed by atoms with E-state index >= 15 is 0 Å². The van der Waals surface area contributed by atoms with Crippen LogP contribution in [0.4, 0.5) is 0 Å². The molecule has 0 bridgehead atoms. The Morgan fingerprint density at radius 3 is 2.90 bits per heavy atom. The van der Waals surface area contributed by atoms with Gasteiger partial charge in [0.25, 0.3) is 0 Å². The number of thioether (sulfide) groups is 1. The molecule has 0 aromatic carbocycles. The molecule has 0 radical (unpaired) electrons. The first-order valence-corrected chi connectivity index (χ1v) is 3.83. The van der Waals surface area contributed by atoms with Gasteiger partial charge in [-0.15, -0.1) is 11.8 Å². The number of methoxy groups -OCH3 is 1. The monoisotopic (exact) mass is 159 g/mol. The maximum absolute atomic E-state index is 10.7. The fourth-order valence-corrected chi connectivity index (χ4v) is 0.953. The summed E-state index contributed by atoms with van der Waals surface area (Å²) in [7, 11) is 1.34. The Balaban J connectivity index is 3.53. The van der Waals surface area contributed by atoms with Crippen LogP contribution in [0, 0.1) is 11.3 Å². The Kier molecular flexibility index (Phi) is 4.77. The minimum atomic E-state index is -0.278. The second-order valence-electron chi connectivity index (χ2n) is 1.63.